The molecule has 2 aromatic carbocycles. The number of aromatic amines is 1. The minimum Gasteiger partial charge on any atom is -1.00 e. The normalized spacial score (nSPS) is 10.5. The molecule has 25 heavy (non-hydrogen) atoms. The van der Waals surface area contributed by atoms with Crippen molar-refractivity contribution in [2.75, 3.05) is 0 Å². The van der Waals surface area contributed by atoms with E-state index < -0.39 is 0 Å². The second-order valence-corrected chi connectivity index (χ2v) is 6.46. The van der Waals surface area contributed by atoms with E-state index in [1.165, 1.54) is 11.1 Å². The van der Waals surface area contributed by atoms with E-state index >= 15 is 0 Å². The summed E-state index contributed by atoms with van der Waals surface area (Å²) in [4.78, 5) is 4.51. The molecule has 0 bridgehead atoms. The first-order valence-electron chi connectivity index (χ1n) is 7.64. The maximum absolute atomic E-state index is 4.51. The van der Waals surface area contributed by atoms with Crippen LogP contribution in [0, 0.1) is 13.8 Å². The molecule has 126 valence electrons. The van der Waals surface area contributed by atoms with Gasteiger partial charge in [0.2, 0.25) is 0 Å². The van der Waals surface area contributed by atoms with Gasteiger partial charge in [0.1, 0.15) is 15.8 Å². The van der Waals surface area contributed by atoms with Crippen LogP contribution in [0.2, 0.25) is 0 Å². The Kier molecular flexibility index (Phi) is 5.06. The van der Waals surface area contributed by atoms with E-state index in [2.05, 4.69) is 46.5 Å². The number of halogens is 1. The average Bonchev–Trinajstić information content (AvgIpc) is 3.29. The van der Waals surface area contributed by atoms with Gasteiger partial charge < -0.3 is 17.0 Å². The average molecular weight is 414 g/mol. The number of nitrogens with zero attached hydrogens (tertiary/aromatic N) is 4. The van der Waals surface area contributed by atoms with Crippen LogP contribution in [0.25, 0.3) is 27.6 Å². The largest absolute Gasteiger partial charge is 1.00 e. The standard InChI is InChI=1S/C18H15N5S.BrH/c1-12-8-9-15(16(13(12)2)18-19-10-11-24-18)23-17(20-21-22-23)14-6-4-3-5-7-14;/h3-11H,1-2H3;1H. The van der Waals surface area contributed by atoms with Gasteiger partial charge in [-0.25, -0.2) is 4.98 Å². The van der Waals surface area contributed by atoms with Crippen molar-refractivity contribution in [3.05, 3.63) is 65.2 Å². The van der Waals surface area contributed by atoms with Crippen LogP contribution in [0.4, 0.5) is 0 Å². The molecule has 0 aliphatic carbocycles. The van der Waals surface area contributed by atoms with Gasteiger partial charge in [0, 0.05) is 11.6 Å². The van der Waals surface area contributed by atoms with E-state index in [0.717, 1.165) is 27.6 Å². The summed E-state index contributed by atoms with van der Waals surface area (Å²) in [7, 11) is 0. The zero-order valence-electron chi connectivity index (χ0n) is 13.8. The number of H-pyrrole nitrogens is 1. The third kappa shape index (κ3) is 3.12. The molecule has 2 aromatic heterocycles. The Morgan fingerprint density at radius 3 is 2.56 bits per heavy atom. The summed E-state index contributed by atoms with van der Waals surface area (Å²) in [5.74, 6) is 0.775. The Labute approximate surface area is 160 Å². The molecule has 0 atom stereocenters. The number of tetrazole rings is 1. The van der Waals surface area contributed by atoms with Gasteiger partial charge in [-0.15, -0.1) is 16.0 Å². The minimum atomic E-state index is 0. The number of thiazole rings is 1. The van der Waals surface area contributed by atoms with E-state index in [9.17, 15) is 0 Å². The SMILES string of the molecule is Cc1ccc(-[n+]2[nH]nnc2-c2ccccc2)c(-c2nccs2)c1C.[Br-]. The number of benzene rings is 2. The Morgan fingerprint density at radius 1 is 1.04 bits per heavy atom. The fourth-order valence-corrected chi connectivity index (χ4v) is 3.50. The smallest absolute Gasteiger partial charge is 0.337 e. The summed E-state index contributed by atoms with van der Waals surface area (Å²) < 4.78 is 1.92. The Hall–Kier alpha value is -2.38. The minimum absolute atomic E-state index is 0. The molecule has 0 aliphatic rings. The highest BCUT2D eigenvalue weighted by Crippen LogP contribution is 2.31. The Balaban J connectivity index is 0.00000182. The number of hydrogen-bond acceptors (Lipinski definition) is 4. The van der Waals surface area contributed by atoms with Crippen molar-refractivity contribution in [1.29, 1.82) is 0 Å². The van der Waals surface area contributed by atoms with Crippen LogP contribution in [0.1, 0.15) is 11.1 Å². The maximum atomic E-state index is 4.51. The monoisotopic (exact) mass is 413 g/mol. The summed E-state index contributed by atoms with van der Waals surface area (Å²) in [6.45, 7) is 4.24. The molecule has 2 heterocycles. The molecule has 0 amide bonds. The van der Waals surface area contributed by atoms with Crippen molar-refractivity contribution in [3.8, 4) is 27.6 Å². The highest BCUT2D eigenvalue weighted by Gasteiger charge is 2.23. The van der Waals surface area contributed by atoms with Crippen LogP contribution >= 0.6 is 11.3 Å². The summed E-state index contributed by atoms with van der Waals surface area (Å²) in [5, 5.41) is 14.3. The molecule has 7 heteroatoms. The molecule has 4 rings (SSSR count). The molecular weight excluding hydrogens is 398 g/mol. The molecule has 4 aromatic rings. The van der Waals surface area contributed by atoms with E-state index in [0.29, 0.717) is 0 Å². The Morgan fingerprint density at radius 2 is 1.84 bits per heavy atom. The van der Waals surface area contributed by atoms with Crippen LogP contribution in [0.15, 0.2) is 54.0 Å². The van der Waals surface area contributed by atoms with Crippen LogP contribution < -0.4 is 21.7 Å². The molecule has 0 saturated carbocycles. The second kappa shape index (κ2) is 7.25. The molecule has 0 radical (unpaired) electrons. The lowest BCUT2D eigenvalue weighted by molar-refractivity contribution is -0.649. The number of hydrogen-bond donors (Lipinski definition) is 1. The van der Waals surface area contributed by atoms with E-state index in [-0.39, 0.29) is 17.0 Å². The summed E-state index contributed by atoms with van der Waals surface area (Å²) >= 11 is 1.63. The predicted octanol–water partition coefficient (Wildman–Crippen LogP) is 0.493. The van der Waals surface area contributed by atoms with Gasteiger partial charge in [0.05, 0.1) is 11.1 Å². The van der Waals surface area contributed by atoms with Gasteiger partial charge >= 0.3 is 5.82 Å². The number of aromatic nitrogens is 5. The van der Waals surface area contributed by atoms with E-state index in [1.807, 2.05) is 46.6 Å². The third-order valence-corrected chi connectivity index (χ3v) is 4.92. The van der Waals surface area contributed by atoms with Gasteiger partial charge in [-0.05, 0) is 43.2 Å². The fourth-order valence-electron chi connectivity index (χ4n) is 2.75. The van der Waals surface area contributed by atoms with Crippen LogP contribution in [0.3, 0.4) is 0 Å². The summed E-state index contributed by atoms with van der Waals surface area (Å²) in [6.07, 6.45) is 1.83. The topological polar surface area (TPSA) is 58.3 Å². The van der Waals surface area contributed by atoms with Crippen LogP contribution in [0.5, 0.6) is 0 Å². The number of nitrogens with one attached hydrogen (secondary N) is 1. The van der Waals surface area contributed by atoms with Crippen molar-refractivity contribution >= 4 is 11.3 Å². The molecular formula is C18H16BrN5S. The summed E-state index contributed by atoms with van der Waals surface area (Å²) in [6, 6.07) is 14.2. The molecule has 0 fully saturated rings. The van der Waals surface area contributed by atoms with Crippen molar-refractivity contribution in [1.82, 2.24) is 20.5 Å². The Bertz CT molecular complexity index is 980. The first kappa shape index (κ1) is 17.4. The molecule has 5 nitrogen and oxygen atoms in total. The van der Waals surface area contributed by atoms with Gasteiger partial charge in [0.25, 0.3) is 0 Å². The lowest BCUT2D eigenvalue weighted by Crippen LogP contribution is -3.00. The first-order valence-corrected chi connectivity index (χ1v) is 8.52. The van der Waals surface area contributed by atoms with Gasteiger partial charge in [-0.3, -0.25) is 0 Å². The van der Waals surface area contributed by atoms with Crippen molar-refractivity contribution in [2.24, 2.45) is 0 Å². The lowest BCUT2D eigenvalue weighted by Gasteiger charge is -2.11. The van der Waals surface area contributed by atoms with Gasteiger partial charge in [-0.1, -0.05) is 29.5 Å². The highest BCUT2D eigenvalue weighted by atomic mass is 79.9. The highest BCUT2D eigenvalue weighted by molar-refractivity contribution is 7.13. The quantitative estimate of drug-likeness (QED) is 0.497. The summed E-state index contributed by atoms with van der Waals surface area (Å²) in [5.41, 5.74) is 5.56. The number of aryl methyl sites for hydroxylation is 1. The molecule has 1 N–H and O–H groups in total. The van der Waals surface area contributed by atoms with Crippen molar-refractivity contribution in [2.45, 2.75) is 13.8 Å². The third-order valence-electron chi connectivity index (χ3n) is 4.13. The molecule has 0 unspecified atom stereocenters. The van der Waals surface area contributed by atoms with E-state index in [4.69, 9.17) is 0 Å². The van der Waals surface area contributed by atoms with Gasteiger partial charge in [0.15, 0.2) is 5.21 Å². The van der Waals surface area contributed by atoms with Gasteiger partial charge in [-0.2, -0.15) is 0 Å². The second-order valence-electron chi connectivity index (χ2n) is 5.56. The van der Waals surface area contributed by atoms with Crippen LogP contribution in [-0.2, 0) is 0 Å². The first-order chi connectivity index (χ1) is 11.8. The fraction of sp³-hybridized carbons (Fsp3) is 0.111. The van der Waals surface area contributed by atoms with Crippen molar-refractivity contribution < 1.29 is 21.7 Å². The van der Waals surface area contributed by atoms with E-state index in [1.54, 1.807) is 11.3 Å². The maximum Gasteiger partial charge on any atom is 0.337 e. The van der Waals surface area contributed by atoms with Crippen molar-refractivity contribution in [3.63, 3.8) is 0 Å². The predicted molar refractivity (Wildman–Crippen MR) is 93.9 cm³/mol. The molecule has 0 aliphatic heterocycles. The zero-order valence-corrected chi connectivity index (χ0v) is 16.2. The zero-order chi connectivity index (χ0) is 16.5. The lowest BCUT2D eigenvalue weighted by atomic mass is 10.0. The number of rotatable bonds is 3. The molecule has 0 saturated heterocycles. The van der Waals surface area contributed by atoms with Crippen LogP contribution in [-0.4, -0.2) is 20.5 Å². The molecule has 0 spiro atoms.